The minimum absolute atomic E-state index is 0.00597. The fourth-order valence-electron chi connectivity index (χ4n) is 2.07. The van der Waals surface area contributed by atoms with Crippen molar-refractivity contribution < 1.29 is 15.0 Å². The second-order valence-corrected chi connectivity index (χ2v) is 3.73. The average Bonchev–Trinajstić information content (AvgIpc) is 2.05. The number of hydrogen-bond acceptors (Lipinski definition) is 3. The Balaban J connectivity index is 2.12. The van der Waals surface area contributed by atoms with Gasteiger partial charge in [0.05, 0.1) is 12.2 Å². The van der Waals surface area contributed by atoms with Crippen LogP contribution in [0.5, 0.6) is 0 Å². The lowest BCUT2D eigenvalue weighted by Crippen LogP contribution is -2.66. The van der Waals surface area contributed by atoms with Crippen LogP contribution < -0.4 is 0 Å². The van der Waals surface area contributed by atoms with Crippen LogP contribution in [0.1, 0.15) is 13.3 Å². The van der Waals surface area contributed by atoms with Gasteiger partial charge in [-0.1, -0.05) is 6.92 Å². The maximum absolute atomic E-state index is 11.0. The predicted molar refractivity (Wildman–Crippen MR) is 41.3 cm³/mol. The number of carbonyl (C=O) groups excluding carboxylic acids is 1. The highest BCUT2D eigenvalue weighted by Crippen LogP contribution is 2.33. The summed E-state index contributed by atoms with van der Waals surface area (Å²) in [6, 6.07) is 0.163. The molecule has 0 radical (unpaired) electrons. The molecule has 2 heterocycles. The maximum Gasteiger partial charge on any atom is 0.225 e. The maximum atomic E-state index is 11.0. The SMILES string of the molecule is C[C@H]1[C@H](O)[C@@H](O)CN2C(=O)C[C@H]12. The van der Waals surface area contributed by atoms with Crippen molar-refractivity contribution in [3.05, 3.63) is 0 Å². The van der Waals surface area contributed by atoms with E-state index in [2.05, 4.69) is 0 Å². The highest BCUT2D eigenvalue weighted by molar-refractivity contribution is 5.83. The van der Waals surface area contributed by atoms with E-state index in [-0.39, 0.29) is 17.9 Å². The zero-order valence-corrected chi connectivity index (χ0v) is 6.97. The number of aliphatic hydroxyl groups excluding tert-OH is 2. The lowest BCUT2D eigenvalue weighted by Gasteiger charge is -2.51. The first-order valence-corrected chi connectivity index (χ1v) is 4.27. The fraction of sp³-hybridized carbons (Fsp3) is 0.875. The Morgan fingerprint density at radius 1 is 1.50 bits per heavy atom. The van der Waals surface area contributed by atoms with E-state index in [1.165, 1.54) is 0 Å². The Hall–Kier alpha value is -0.610. The summed E-state index contributed by atoms with van der Waals surface area (Å²) in [5.74, 6) is 0.101. The number of β-lactam (4-membered cyclic amide) rings is 1. The van der Waals surface area contributed by atoms with Crippen molar-refractivity contribution in [1.29, 1.82) is 0 Å². The zero-order chi connectivity index (χ0) is 8.88. The van der Waals surface area contributed by atoms with Gasteiger partial charge in [0, 0.05) is 24.9 Å². The summed E-state index contributed by atoms with van der Waals surface area (Å²) >= 11 is 0. The lowest BCUT2D eigenvalue weighted by molar-refractivity contribution is -0.170. The normalized spacial score (nSPS) is 46.9. The van der Waals surface area contributed by atoms with Gasteiger partial charge < -0.3 is 15.1 Å². The van der Waals surface area contributed by atoms with Crippen LogP contribution >= 0.6 is 0 Å². The zero-order valence-electron chi connectivity index (χ0n) is 6.97. The molecule has 1 amide bonds. The van der Waals surface area contributed by atoms with Gasteiger partial charge in [0.15, 0.2) is 0 Å². The summed E-state index contributed by atoms with van der Waals surface area (Å²) in [5, 5.41) is 18.8. The molecule has 4 heteroatoms. The van der Waals surface area contributed by atoms with Gasteiger partial charge in [-0.05, 0) is 0 Å². The molecule has 2 aliphatic heterocycles. The molecule has 0 aromatic rings. The number of hydrogen-bond donors (Lipinski definition) is 2. The summed E-state index contributed by atoms with van der Waals surface area (Å²) in [6.07, 6.45) is -0.898. The highest BCUT2D eigenvalue weighted by Gasteiger charge is 2.48. The van der Waals surface area contributed by atoms with Crippen molar-refractivity contribution in [2.45, 2.75) is 31.6 Å². The second-order valence-electron chi connectivity index (χ2n) is 3.73. The minimum atomic E-state index is -0.763. The molecule has 2 saturated heterocycles. The van der Waals surface area contributed by atoms with E-state index in [1.807, 2.05) is 6.92 Å². The van der Waals surface area contributed by atoms with Crippen molar-refractivity contribution in [1.82, 2.24) is 4.90 Å². The van der Waals surface area contributed by atoms with Gasteiger partial charge in [0.2, 0.25) is 5.91 Å². The molecular weight excluding hydrogens is 158 g/mol. The first kappa shape index (κ1) is 8.01. The van der Waals surface area contributed by atoms with E-state index in [0.717, 1.165) is 0 Å². The summed E-state index contributed by atoms with van der Waals surface area (Å²) in [4.78, 5) is 12.7. The van der Waals surface area contributed by atoms with E-state index < -0.39 is 12.2 Å². The molecule has 2 fully saturated rings. The van der Waals surface area contributed by atoms with Crippen LogP contribution in [0.4, 0.5) is 0 Å². The van der Waals surface area contributed by atoms with Gasteiger partial charge >= 0.3 is 0 Å². The van der Waals surface area contributed by atoms with E-state index in [4.69, 9.17) is 0 Å². The van der Waals surface area contributed by atoms with Crippen LogP contribution in [0.2, 0.25) is 0 Å². The van der Waals surface area contributed by atoms with Gasteiger partial charge in [-0.25, -0.2) is 0 Å². The van der Waals surface area contributed by atoms with Crippen LogP contribution in [0.3, 0.4) is 0 Å². The third-order valence-electron chi connectivity index (χ3n) is 3.03. The van der Waals surface area contributed by atoms with Crippen molar-refractivity contribution >= 4 is 5.91 Å². The van der Waals surface area contributed by atoms with Crippen LogP contribution in [-0.2, 0) is 4.79 Å². The third-order valence-corrected chi connectivity index (χ3v) is 3.03. The predicted octanol–water partition coefficient (Wildman–Crippen LogP) is -1.04. The summed E-state index contributed by atoms with van der Waals surface area (Å²) in [6.45, 7) is 2.17. The van der Waals surface area contributed by atoms with E-state index >= 15 is 0 Å². The Bertz CT molecular complexity index is 218. The molecule has 0 aromatic carbocycles. The molecule has 0 spiro atoms. The molecule has 0 unspecified atom stereocenters. The molecule has 2 N–H and O–H groups in total. The van der Waals surface area contributed by atoms with Crippen molar-refractivity contribution in [3.8, 4) is 0 Å². The number of nitrogens with zero attached hydrogens (tertiary/aromatic N) is 1. The number of amides is 1. The third kappa shape index (κ3) is 0.881. The highest BCUT2D eigenvalue weighted by atomic mass is 16.3. The van der Waals surface area contributed by atoms with E-state index in [9.17, 15) is 15.0 Å². The monoisotopic (exact) mass is 171 g/mol. The molecular formula is C8H13NO3. The Morgan fingerprint density at radius 2 is 2.17 bits per heavy atom. The van der Waals surface area contributed by atoms with Crippen molar-refractivity contribution in [2.75, 3.05) is 6.54 Å². The summed E-state index contributed by atoms with van der Waals surface area (Å²) in [7, 11) is 0. The molecule has 0 aromatic heterocycles. The van der Waals surface area contributed by atoms with Gasteiger partial charge in [-0.3, -0.25) is 4.79 Å². The topological polar surface area (TPSA) is 60.8 Å². The second kappa shape index (κ2) is 2.44. The molecule has 0 aliphatic carbocycles. The van der Waals surface area contributed by atoms with Gasteiger partial charge in [0.1, 0.15) is 0 Å². The molecule has 12 heavy (non-hydrogen) atoms. The number of rotatable bonds is 0. The number of fused-ring (bicyclic) bond motifs is 1. The number of carbonyl (C=O) groups is 1. The fourth-order valence-corrected chi connectivity index (χ4v) is 2.07. The molecule has 2 rings (SSSR count). The first-order chi connectivity index (χ1) is 5.61. The first-order valence-electron chi connectivity index (χ1n) is 4.27. The quantitative estimate of drug-likeness (QED) is 0.458. The molecule has 2 aliphatic rings. The van der Waals surface area contributed by atoms with Gasteiger partial charge in [0.25, 0.3) is 0 Å². The minimum Gasteiger partial charge on any atom is -0.390 e. The van der Waals surface area contributed by atoms with Crippen molar-refractivity contribution in [2.24, 2.45) is 5.92 Å². The largest absolute Gasteiger partial charge is 0.390 e. The Morgan fingerprint density at radius 3 is 2.75 bits per heavy atom. The van der Waals surface area contributed by atoms with Crippen LogP contribution in [0, 0.1) is 5.92 Å². The van der Waals surface area contributed by atoms with Crippen LogP contribution in [0.25, 0.3) is 0 Å². The Kier molecular flexibility index (Phi) is 1.63. The molecule has 0 bridgehead atoms. The van der Waals surface area contributed by atoms with Crippen molar-refractivity contribution in [3.63, 3.8) is 0 Å². The molecule has 0 saturated carbocycles. The molecule has 4 nitrogen and oxygen atoms in total. The van der Waals surface area contributed by atoms with E-state index in [0.29, 0.717) is 13.0 Å². The molecule has 68 valence electrons. The standard InChI is InChI=1S/C8H13NO3/c1-4-5-2-7(11)9(5)3-6(10)8(4)12/h4-6,8,10,12H,2-3H2,1H3/t4-,5-,6+,8+/m1/s1. The smallest absolute Gasteiger partial charge is 0.225 e. The van der Waals surface area contributed by atoms with Gasteiger partial charge in [-0.2, -0.15) is 0 Å². The summed E-state index contributed by atoms with van der Waals surface area (Å²) in [5.41, 5.74) is 0. The molecule has 4 atom stereocenters. The van der Waals surface area contributed by atoms with Crippen LogP contribution in [0.15, 0.2) is 0 Å². The van der Waals surface area contributed by atoms with Crippen LogP contribution in [-0.4, -0.2) is 45.8 Å². The van der Waals surface area contributed by atoms with E-state index in [1.54, 1.807) is 4.90 Å². The lowest BCUT2D eigenvalue weighted by atomic mass is 9.79. The van der Waals surface area contributed by atoms with Gasteiger partial charge in [-0.15, -0.1) is 0 Å². The number of piperidine rings is 1. The average molecular weight is 171 g/mol. The summed E-state index contributed by atoms with van der Waals surface area (Å²) < 4.78 is 0. The number of aliphatic hydroxyl groups is 2. The Labute approximate surface area is 70.8 Å².